The van der Waals surface area contributed by atoms with Crippen LogP contribution in [0, 0.1) is 12.2 Å². The molecule has 2 rings (SSSR count). The molecule has 0 aromatic carbocycles. The van der Waals surface area contributed by atoms with E-state index in [-0.39, 0.29) is 6.19 Å². The number of hydrogen-bond donors (Lipinski definition) is 0. The molecular formula is C15H26SiTi-2. The molecule has 0 bridgehead atoms. The van der Waals surface area contributed by atoms with Gasteiger partial charge in [-0.05, 0) is 0 Å². The summed E-state index contributed by atoms with van der Waals surface area (Å²) in [5.41, 5.74) is 0. The molecule has 0 saturated heterocycles. The fourth-order valence-corrected chi connectivity index (χ4v) is 7.21. The Bertz CT molecular complexity index is 259. The van der Waals surface area contributed by atoms with Gasteiger partial charge < -0.3 is 12.2 Å². The van der Waals surface area contributed by atoms with E-state index in [4.69, 9.17) is 0 Å². The molecule has 2 aliphatic rings. The summed E-state index contributed by atoms with van der Waals surface area (Å²) in [4.78, 5) is 0. The standard InChI is InChI=1S/2C5H7.C3H6.C2H6Si.Ti/c2*1-2-4-5-3-1;2*1-3-2;/h2*1H,2,4-5H2;2*1-2H3;/q2*-1;;;. The van der Waals surface area contributed by atoms with Crippen LogP contribution in [0.2, 0.25) is 13.1 Å². The van der Waals surface area contributed by atoms with Gasteiger partial charge in [0.2, 0.25) is 0 Å². The Balaban J connectivity index is 0.000000229. The molecule has 96 valence electrons. The largest absolute Gasteiger partial charge is 0.501 e. The fraction of sp³-hybridized carbons (Fsp3) is 0.667. The van der Waals surface area contributed by atoms with Gasteiger partial charge in [0, 0.05) is 0 Å². The second-order valence-electron chi connectivity index (χ2n) is 4.73. The van der Waals surface area contributed by atoms with Gasteiger partial charge in [-0.2, -0.15) is 12.8 Å². The Morgan fingerprint density at radius 2 is 1.47 bits per heavy atom. The molecule has 0 nitrogen and oxygen atoms in total. The maximum Gasteiger partial charge on any atom is -0.0694 e. The second-order valence-corrected chi connectivity index (χ2v) is 14.4. The second kappa shape index (κ2) is 12.7. The molecule has 0 fully saturated rings. The summed E-state index contributed by atoms with van der Waals surface area (Å²) in [7, 11) is 0. The van der Waals surface area contributed by atoms with Crippen LogP contribution in [-0.4, -0.2) is 10.00 Å². The number of allylic oxidation sites excluding steroid dienone is 4. The molecule has 2 heteroatoms. The van der Waals surface area contributed by atoms with E-state index >= 15 is 0 Å². The molecule has 0 unspecified atom stereocenters. The van der Waals surface area contributed by atoms with E-state index < -0.39 is 0 Å². The van der Waals surface area contributed by atoms with Crippen LogP contribution in [-0.2, 0) is 17.4 Å². The predicted octanol–water partition coefficient (Wildman–Crippen LogP) is 4.59. The van der Waals surface area contributed by atoms with Crippen molar-refractivity contribution >= 4 is 10.00 Å². The van der Waals surface area contributed by atoms with Gasteiger partial charge >= 0.3 is 54.4 Å². The molecule has 0 aliphatic heterocycles. The van der Waals surface area contributed by atoms with Crippen molar-refractivity contribution in [2.24, 2.45) is 0 Å². The summed E-state index contributed by atoms with van der Waals surface area (Å²) in [5, 5.41) is 0. The van der Waals surface area contributed by atoms with Crippen LogP contribution in [0.1, 0.15) is 52.4 Å². The molecule has 2 aliphatic carbocycles. The molecule has 0 heterocycles. The fourth-order valence-electron chi connectivity index (χ4n) is 1.52. The first-order valence-corrected chi connectivity index (χ1v) is 12.2. The first kappa shape index (κ1) is 17.3. The van der Waals surface area contributed by atoms with Gasteiger partial charge in [-0.1, -0.05) is 25.7 Å². The maximum atomic E-state index is 3.10. The monoisotopic (exact) mass is 282 g/mol. The smallest absolute Gasteiger partial charge is 0.0694 e. The van der Waals surface area contributed by atoms with Crippen molar-refractivity contribution in [2.75, 3.05) is 0 Å². The Morgan fingerprint density at radius 3 is 1.53 bits per heavy atom. The molecular weight excluding hydrogens is 256 g/mol. The van der Waals surface area contributed by atoms with E-state index in [0.717, 1.165) is 0 Å². The zero-order valence-electron chi connectivity index (χ0n) is 11.9. The van der Waals surface area contributed by atoms with Crippen LogP contribution in [0.25, 0.3) is 0 Å². The van der Waals surface area contributed by atoms with E-state index in [9.17, 15) is 0 Å². The minimum Gasteiger partial charge on any atom is -0.501 e. The molecule has 0 N–H and O–H groups in total. The molecule has 17 heavy (non-hydrogen) atoms. The van der Waals surface area contributed by atoms with Crippen molar-refractivity contribution in [1.82, 2.24) is 0 Å². The van der Waals surface area contributed by atoms with Gasteiger partial charge in [0.15, 0.2) is 0 Å². The molecule has 0 amide bonds. The molecule has 0 radical (unpaired) electrons. The van der Waals surface area contributed by atoms with Crippen LogP contribution in [0.4, 0.5) is 0 Å². The van der Waals surface area contributed by atoms with Crippen LogP contribution >= 0.6 is 0 Å². The third kappa shape index (κ3) is 16.3. The van der Waals surface area contributed by atoms with E-state index in [1.54, 1.807) is 3.81 Å². The van der Waals surface area contributed by atoms with Crippen molar-refractivity contribution in [3.63, 3.8) is 0 Å². The van der Waals surface area contributed by atoms with Gasteiger partial charge in [0.1, 0.15) is 0 Å². The Hall–Kier alpha value is 0.281. The van der Waals surface area contributed by atoms with Crippen LogP contribution in [0.15, 0.2) is 12.2 Å². The summed E-state index contributed by atoms with van der Waals surface area (Å²) in [6, 6.07) is 0. The first-order chi connectivity index (χ1) is 8.13. The molecule has 0 atom stereocenters. The van der Waals surface area contributed by atoms with E-state index in [1.807, 2.05) is 0 Å². The van der Waals surface area contributed by atoms with E-state index in [1.165, 1.54) is 38.5 Å². The van der Waals surface area contributed by atoms with Crippen LogP contribution < -0.4 is 0 Å². The minimum atomic E-state index is 0.154. The van der Waals surface area contributed by atoms with E-state index in [2.05, 4.69) is 51.2 Å². The number of rotatable bonds is 0. The van der Waals surface area contributed by atoms with Gasteiger partial charge in [-0.3, -0.25) is 12.2 Å². The molecule has 0 saturated carbocycles. The summed E-state index contributed by atoms with van der Waals surface area (Å²) in [6.45, 7) is 9.32. The van der Waals surface area contributed by atoms with Crippen molar-refractivity contribution in [3.05, 3.63) is 24.3 Å². The summed E-state index contributed by atoms with van der Waals surface area (Å²) in [6.07, 6.45) is 18.2. The SMILES string of the molecule is C[C](C)=[Ti]=[Si](C)C.[C-]1=CCCC1.[C-]1=CCCC1. The molecule has 0 aromatic heterocycles. The summed E-state index contributed by atoms with van der Waals surface area (Å²) in [5.74, 6) is 0. The number of hydrogen-bond acceptors (Lipinski definition) is 0. The van der Waals surface area contributed by atoms with Crippen LogP contribution in [0.5, 0.6) is 0 Å². The predicted molar refractivity (Wildman–Crippen MR) is 77.2 cm³/mol. The Labute approximate surface area is 117 Å². The van der Waals surface area contributed by atoms with Gasteiger partial charge in [-0.15, -0.1) is 0 Å². The van der Waals surface area contributed by atoms with Gasteiger partial charge in [0.05, 0.1) is 0 Å². The van der Waals surface area contributed by atoms with Crippen LogP contribution in [0.3, 0.4) is 0 Å². The van der Waals surface area contributed by atoms with Crippen molar-refractivity contribution in [1.29, 1.82) is 0 Å². The normalized spacial score (nSPS) is 15.3. The zero-order valence-corrected chi connectivity index (χ0v) is 14.5. The molecule has 0 spiro atoms. The Kier molecular flexibility index (Phi) is 12.9. The Morgan fingerprint density at radius 1 is 1.00 bits per heavy atom. The minimum absolute atomic E-state index is 0.154. The maximum absolute atomic E-state index is 3.10. The summed E-state index contributed by atoms with van der Waals surface area (Å²) >= 11 is 0.407. The quantitative estimate of drug-likeness (QED) is 0.450. The molecule has 0 aromatic rings. The third-order valence-electron chi connectivity index (χ3n) is 2.13. The van der Waals surface area contributed by atoms with E-state index in [0.29, 0.717) is 17.4 Å². The van der Waals surface area contributed by atoms with Crippen molar-refractivity contribution < 1.29 is 17.4 Å². The van der Waals surface area contributed by atoms with Crippen molar-refractivity contribution in [3.8, 4) is 0 Å². The first-order valence-electron chi connectivity index (χ1n) is 6.60. The van der Waals surface area contributed by atoms with Gasteiger partial charge in [0.25, 0.3) is 0 Å². The third-order valence-corrected chi connectivity index (χ3v) is 7.81. The average Bonchev–Trinajstić information content (AvgIpc) is 2.96. The van der Waals surface area contributed by atoms with Crippen molar-refractivity contribution in [2.45, 2.75) is 65.5 Å². The van der Waals surface area contributed by atoms with Gasteiger partial charge in [-0.25, -0.2) is 0 Å². The summed E-state index contributed by atoms with van der Waals surface area (Å²) < 4.78 is 1.71. The zero-order chi connectivity index (χ0) is 12.9. The topological polar surface area (TPSA) is 0 Å². The average molecular weight is 282 g/mol.